The Morgan fingerprint density at radius 2 is 1.83 bits per heavy atom. The first-order chi connectivity index (χ1) is 13.8. The maximum atomic E-state index is 12.7. The zero-order valence-corrected chi connectivity index (χ0v) is 16.6. The molecular weight excluding hydrogens is 374 g/mol. The number of ether oxygens (including phenoxy) is 1. The molecule has 1 unspecified atom stereocenters. The first-order valence-electron chi connectivity index (χ1n) is 9.30. The van der Waals surface area contributed by atoms with E-state index < -0.39 is 36.3 Å². The fourth-order valence-electron chi connectivity index (χ4n) is 3.54. The van der Waals surface area contributed by atoms with Crippen molar-refractivity contribution in [3.05, 3.63) is 58.4 Å². The number of H-pyrrole nitrogens is 1. The largest absolute Gasteiger partial charge is 0.465 e. The molecule has 1 aromatic carbocycles. The van der Waals surface area contributed by atoms with Crippen LogP contribution in [-0.2, 0) is 16.0 Å². The fraction of sp³-hybridized carbons (Fsp3) is 0.333. The molecule has 2 heterocycles. The van der Waals surface area contributed by atoms with Crippen molar-refractivity contribution in [2.45, 2.75) is 32.7 Å². The number of hydrogen-bond donors (Lipinski definition) is 2. The van der Waals surface area contributed by atoms with Crippen LogP contribution in [0.5, 0.6) is 0 Å². The molecule has 1 atom stereocenters. The number of rotatable bonds is 7. The van der Waals surface area contributed by atoms with E-state index in [1.165, 1.54) is 7.11 Å². The number of nitrogens with zero attached hydrogens (tertiary/aromatic N) is 1. The summed E-state index contributed by atoms with van der Waals surface area (Å²) in [4.78, 5) is 53.3. The Labute approximate surface area is 168 Å². The monoisotopic (exact) mass is 397 g/mol. The summed E-state index contributed by atoms with van der Waals surface area (Å²) in [5.41, 5.74) is 2.48. The van der Waals surface area contributed by atoms with Crippen LogP contribution in [0, 0.1) is 13.8 Å². The van der Waals surface area contributed by atoms with Gasteiger partial charge in [0.1, 0.15) is 6.04 Å². The lowest BCUT2D eigenvalue weighted by molar-refractivity contribution is -0.127. The van der Waals surface area contributed by atoms with E-state index in [0.717, 1.165) is 10.5 Å². The number of Topliss-reactive ketones (excluding diaryl/α,β-unsaturated/α-hetero) is 1. The number of aryl methyl sites for hydroxylation is 2. The van der Waals surface area contributed by atoms with E-state index >= 15 is 0 Å². The van der Waals surface area contributed by atoms with Crippen molar-refractivity contribution >= 4 is 23.7 Å². The van der Waals surface area contributed by atoms with Crippen molar-refractivity contribution < 1.29 is 23.9 Å². The van der Waals surface area contributed by atoms with Gasteiger partial charge in [0, 0.05) is 5.69 Å². The number of carbonyl (C=O) groups excluding carboxylic acids is 4. The van der Waals surface area contributed by atoms with Crippen LogP contribution in [-0.4, -0.2) is 53.3 Å². The fourth-order valence-corrected chi connectivity index (χ4v) is 3.54. The summed E-state index contributed by atoms with van der Waals surface area (Å²) in [7, 11) is 1.26. The van der Waals surface area contributed by atoms with Crippen molar-refractivity contribution in [2.75, 3.05) is 13.7 Å². The molecule has 1 aromatic heterocycles. The second kappa shape index (κ2) is 8.30. The molecule has 3 rings (SSSR count). The number of aromatic nitrogens is 1. The van der Waals surface area contributed by atoms with Crippen molar-refractivity contribution in [1.29, 1.82) is 0 Å². The van der Waals surface area contributed by atoms with Gasteiger partial charge in [-0.1, -0.05) is 30.3 Å². The molecule has 1 fully saturated rings. The number of ketones is 1. The molecule has 152 valence electrons. The number of imide groups is 1. The lowest BCUT2D eigenvalue weighted by atomic mass is 10.1. The highest BCUT2D eigenvalue weighted by atomic mass is 16.5. The topological polar surface area (TPSA) is 109 Å². The highest BCUT2D eigenvalue weighted by Gasteiger charge is 2.39. The van der Waals surface area contributed by atoms with E-state index in [0.29, 0.717) is 24.1 Å². The van der Waals surface area contributed by atoms with Gasteiger partial charge in [-0.25, -0.2) is 9.59 Å². The number of aromatic amines is 1. The number of esters is 1. The van der Waals surface area contributed by atoms with Crippen LogP contribution < -0.4 is 5.32 Å². The average molecular weight is 397 g/mol. The third-order valence-corrected chi connectivity index (χ3v) is 5.08. The first kappa shape index (κ1) is 20.3. The minimum Gasteiger partial charge on any atom is -0.465 e. The number of benzene rings is 1. The Hall–Kier alpha value is -3.42. The molecule has 0 radical (unpaired) electrons. The second-order valence-electron chi connectivity index (χ2n) is 6.99. The third kappa shape index (κ3) is 4.06. The van der Waals surface area contributed by atoms with Crippen LogP contribution in [0.1, 0.15) is 44.1 Å². The molecule has 2 N–H and O–H groups in total. The summed E-state index contributed by atoms with van der Waals surface area (Å²) in [6.07, 6.45) is 1.09. The standard InChI is InChI=1S/C21H23N3O5/c1-12-17(20(27)29-3)13(2)22-18(12)16(25)11-24-19(26)15(23-21(24)28)10-9-14-7-5-4-6-8-14/h4-8,15,22H,9-11H2,1-3H3,(H,23,28). The normalized spacial score (nSPS) is 16.1. The van der Waals surface area contributed by atoms with E-state index in [-0.39, 0.29) is 11.3 Å². The first-order valence-corrected chi connectivity index (χ1v) is 9.30. The third-order valence-electron chi connectivity index (χ3n) is 5.08. The summed E-state index contributed by atoms with van der Waals surface area (Å²) >= 11 is 0. The maximum absolute atomic E-state index is 12.7. The van der Waals surface area contributed by atoms with Gasteiger partial charge >= 0.3 is 12.0 Å². The Bertz CT molecular complexity index is 964. The highest BCUT2D eigenvalue weighted by molar-refractivity contribution is 6.10. The number of amides is 3. The van der Waals surface area contributed by atoms with E-state index in [2.05, 4.69) is 10.3 Å². The number of nitrogens with one attached hydrogen (secondary N) is 2. The molecule has 8 heteroatoms. The summed E-state index contributed by atoms with van der Waals surface area (Å²) in [6, 6.07) is 8.41. The Balaban J connectivity index is 1.68. The van der Waals surface area contributed by atoms with Crippen LogP contribution >= 0.6 is 0 Å². The molecule has 1 saturated heterocycles. The zero-order chi connectivity index (χ0) is 21.1. The molecule has 0 aliphatic carbocycles. The van der Waals surface area contributed by atoms with E-state index in [9.17, 15) is 19.2 Å². The molecule has 1 aliphatic heterocycles. The van der Waals surface area contributed by atoms with Gasteiger partial charge in [0.2, 0.25) is 0 Å². The Morgan fingerprint density at radius 1 is 1.14 bits per heavy atom. The Morgan fingerprint density at radius 3 is 2.48 bits per heavy atom. The van der Waals surface area contributed by atoms with Crippen LogP contribution in [0.25, 0.3) is 0 Å². The molecule has 0 saturated carbocycles. The number of hydrogen-bond acceptors (Lipinski definition) is 5. The summed E-state index contributed by atoms with van der Waals surface area (Å²) < 4.78 is 4.74. The SMILES string of the molecule is COC(=O)c1c(C)[nH]c(C(=O)CN2C(=O)NC(CCc3ccccc3)C2=O)c1C. The van der Waals surface area contributed by atoms with Crippen molar-refractivity contribution in [3.8, 4) is 0 Å². The number of urea groups is 1. The van der Waals surface area contributed by atoms with Crippen molar-refractivity contribution in [3.63, 3.8) is 0 Å². The van der Waals surface area contributed by atoms with Gasteiger partial charge in [0.15, 0.2) is 5.78 Å². The molecule has 0 spiro atoms. The maximum Gasteiger partial charge on any atom is 0.339 e. The van der Waals surface area contributed by atoms with E-state index in [1.54, 1.807) is 13.8 Å². The predicted molar refractivity (Wildman–Crippen MR) is 105 cm³/mol. The second-order valence-corrected chi connectivity index (χ2v) is 6.99. The van der Waals surface area contributed by atoms with Crippen LogP contribution in [0.2, 0.25) is 0 Å². The number of methoxy groups -OCH3 is 1. The van der Waals surface area contributed by atoms with Gasteiger partial charge in [-0.3, -0.25) is 14.5 Å². The lowest BCUT2D eigenvalue weighted by Crippen LogP contribution is -2.36. The predicted octanol–water partition coefficient (Wildman–Crippen LogP) is 2.15. The Kier molecular flexibility index (Phi) is 5.81. The van der Waals surface area contributed by atoms with Crippen molar-refractivity contribution in [1.82, 2.24) is 15.2 Å². The highest BCUT2D eigenvalue weighted by Crippen LogP contribution is 2.20. The minimum atomic E-state index is -0.660. The zero-order valence-electron chi connectivity index (χ0n) is 16.6. The molecule has 0 bridgehead atoms. The molecule has 2 aromatic rings. The van der Waals surface area contributed by atoms with Crippen LogP contribution in [0.15, 0.2) is 30.3 Å². The summed E-state index contributed by atoms with van der Waals surface area (Å²) in [5, 5.41) is 2.64. The van der Waals surface area contributed by atoms with Gasteiger partial charge in [-0.15, -0.1) is 0 Å². The van der Waals surface area contributed by atoms with Gasteiger partial charge in [0.05, 0.1) is 24.9 Å². The summed E-state index contributed by atoms with van der Waals surface area (Å²) in [5.74, 6) is -1.42. The number of carbonyl (C=O) groups is 4. The molecule has 8 nitrogen and oxygen atoms in total. The average Bonchev–Trinajstić information content (AvgIpc) is 3.16. The van der Waals surface area contributed by atoms with E-state index in [4.69, 9.17) is 4.74 Å². The van der Waals surface area contributed by atoms with Crippen molar-refractivity contribution in [2.24, 2.45) is 0 Å². The minimum absolute atomic E-state index is 0.191. The molecule has 1 aliphatic rings. The lowest BCUT2D eigenvalue weighted by Gasteiger charge is -2.12. The van der Waals surface area contributed by atoms with Crippen LogP contribution in [0.4, 0.5) is 4.79 Å². The molecule has 3 amide bonds. The van der Waals surface area contributed by atoms with Crippen LogP contribution in [0.3, 0.4) is 0 Å². The van der Waals surface area contributed by atoms with Gasteiger partial charge in [0.25, 0.3) is 5.91 Å². The smallest absolute Gasteiger partial charge is 0.339 e. The summed E-state index contributed by atoms with van der Waals surface area (Å²) in [6.45, 7) is 2.88. The van der Waals surface area contributed by atoms with Gasteiger partial charge in [-0.05, 0) is 37.8 Å². The molecule has 29 heavy (non-hydrogen) atoms. The molecular formula is C21H23N3O5. The van der Waals surface area contributed by atoms with Gasteiger partial charge < -0.3 is 15.0 Å². The van der Waals surface area contributed by atoms with E-state index in [1.807, 2.05) is 30.3 Å². The van der Waals surface area contributed by atoms with Gasteiger partial charge in [-0.2, -0.15) is 0 Å². The quantitative estimate of drug-likeness (QED) is 0.423.